The lowest BCUT2D eigenvalue weighted by Crippen LogP contribution is -2.41. The second-order valence-electron chi connectivity index (χ2n) is 6.77. The predicted octanol–water partition coefficient (Wildman–Crippen LogP) is 4.43. The lowest BCUT2D eigenvalue weighted by Gasteiger charge is -2.44. The number of fused-ring (bicyclic) bond motifs is 1. The van der Waals surface area contributed by atoms with Crippen LogP contribution in [0.1, 0.15) is 44.9 Å². The first-order valence-electron chi connectivity index (χ1n) is 8.15. The average molecular weight is 301 g/mol. The number of nitrogens with zero attached hydrogens (tertiary/aromatic N) is 2. The maximum atomic E-state index is 5.87. The summed E-state index contributed by atoms with van der Waals surface area (Å²) in [7, 11) is 0. The Hall–Kier alpha value is -1.29. The van der Waals surface area contributed by atoms with Gasteiger partial charge in [-0.25, -0.2) is 4.98 Å². The van der Waals surface area contributed by atoms with Crippen molar-refractivity contribution in [3.8, 4) is 0 Å². The molecule has 1 aliphatic carbocycles. The van der Waals surface area contributed by atoms with Gasteiger partial charge in [0.05, 0.1) is 10.2 Å². The zero-order valence-electron chi connectivity index (χ0n) is 12.5. The third kappa shape index (κ3) is 2.50. The number of anilines is 2. The van der Waals surface area contributed by atoms with Crippen molar-refractivity contribution in [1.29, 1.82) is 0 Å². The van der Waals surface area contributed by atoms with E-state index in [9.17, 15) is 0 Å². The molecule has 0 radical (unpaired) electrons. The van der Waals surface area contributed by atoms with Gasteiger partial charge in [-0.05, 0) is 49.3 Å². The van der Waals surface area contributed by atoms with Gasteiger partial charge in [-0.2, -0.15) is 0 Å². The summed E-state index contributed by atoms with van der Waals surface area (Å²) >= 11 is 1.79. The van der Waals surface area contributed by atoms with Crippen molar-refractivity contribution in [2.45, 2.75) is 44.9 Å². The first-order valence-corrected chi connectivity index (χ1v) is 8.97. The van der Waals surface area contributed by atoms with Crippen molar-refractivity contribution in [2.24, 2.45) is 5.41 Å². The molecule has 2 aromatic rings. The molecule has 2 fully saturated rings. The molecule has 1 saturated carbocycles. The summed E-state index contributed by atoms with van der Waals surface area (Å²) in [5, 5.41) is 1.18. The first kappa shape index (κ1) is 13.4. The Balaban J connectivity index is 1.51. The molecule has 3 nitrogen and oxygen atoms in total. The highest BCUT2D eigenvalue weighted by Crippen LogP contribution is 2.45. The highest BCUT2D eigenvalue weighted by molar-refractivity contribution is 7.22. The van der Waals surface area contributed by atoms with E-state index >= 15 is 0 Å². The summed E-state index contributed by atoms with van der Waals surface area (Å²) in [4.78, 5) is 7.29. The molecular formula is C17H23N3S. The number of aromatic nitrogens is 1. The van der Waals surface area contributed by atoms with Gasteiger partial charge in [-0.1, -0.05) is 30.6 Å². The number of hydrogen-bond donors (Lipinski definition) is 1. The van der Waals surface area contributed by atoms with Gasteiger partial charge < -0.3 is 10.6 Å². The van der Waals surface area contributed by atoms with Crippen LogP contribution in [0.4, 0.5) is 10.8 Å². The Morgan fingerprint density at radius 3 is 2.57 bits per heavy atom. The summed E-state index contributed by atoms with van der Waals surface area (Å²) in [5.41, 5.74) is 8.45. The van der Waals surface area contributed by atoms with E-state index < -0.39 is 0 Å². The first-order chi connectivity index (χ1) is 10.2. The molecule has 2 N–H and O–H groups in total. The van der Waals surface area contributed by atoms with E-state index in [0.29, 0.717) is 5.41 Å². The highest BCUT2D eigenvalue weighted by Gasteiger charge is 2.36. The minimum Gasteiger partial charge on any atom is -0.399 e. The summed E-state index contributed by atoms with van der Waals surface area (Å²) in [6.45, 7) is 2.35. The van der Waals surface area contributed by atoms with E-state index in [2.05, 4.69) is 4.90 Å². The second-order valence-corrected chi connectivity index (χ2v) is 7.78. The Morgan fingerprint density at radius 1 is 1.05 bits per heavy atom. The Bertz CT molecular complexity index is 633. The van der Waals surface area contributed by atoms with Crippen LogP contribution in [0.25, 0.3) is 10.2 Å². The molecule has 0 amide bonds. The number of benzene rings is 1. The van der Waals surface area contributed by atoms with Crippen molar-refractivity contribution in [3.63, 3.8) is 0 Å². The number of nitrogen functional groups attached to an aromatic ring is 1. The summed E-state index contributed by atoms with van der Waals surface area (Å²) < 4.78 is 1.21. The van der Waals surface area contributed by atoms with Crippen molar-refractivity contribution in [2.75, 3.05) is 23.7 Å². The van der Waals surface area contributed by atoms with Crippen LogP contribution in [-0.4, -0.2) is 18.1 Å². The van der Waals surface area contributed by atoms with Gasteiger partial charge in [0.2, 0.25) is 0 Å². The van der Waals surface area contributed by atoms with Crippen LogP contribution in [0.3, 0.4) is 0 Å². The quantitative estimate of drug-likeness (QED) is 0.792. The van der Waals surface area contributed by atoms with Crippen molar-refractivity contribution < 1.29 is 0 Å². The molecule has 4 heteroatoms. The van der Waals surface area contributed by atoms with E-state index in [4.69, 9.17) is 10.7 Å². The average Bonchev–Trinajstić information content (AvgIpc) is 2.92. The molecule has 1 saturated heterocycles. The standard InChI is InChI=1S/C17H23N3S/c18-13-4-5-14-15(12-13)21-16(19-14)20-10-8-17(9-11-20)6-2-1-3-7-17/h4-5,12H,1-3,6-11,18H2. The number of hydrogen-bond acceptors (Lipinski definition) is 4. The molecule has 21 heavy (non-hydrogen) atoms. The molecule has 0 bridgehead atoms. The maximum Gasteiger partial charge on any atom is 0.186 e. The molecule has 4 rings (SSSR count). The van der Waals surface area contributed by atoms with Crippen LogP contribution >= 0.6 is 11.3 Å². The van der Waals surface area contributed by atoms with Gasteiger partial charge in [0, 0.05) is 18.8 Å². The van der Waals surface area contributed by atoms with Crippen LogP contribution in [0.5, 0.6) is 0 Å². The Morgan fingerprint density at radius 2 is 1.81 bits per heavy atom. The summed E-state index contributed by atoms with van der Waals surface area (Å²) in [5.74, 6) is 0. The molecule has 112 valence electrons. The van der Waals surface area contributed by atoms with E-state index in [0.717, 1.165) is 11.2 Å². The molecule has 1 aliphatic heterocycles. The summed E-state index contributed by atoms with van der Waals surface area (Å²) in [6, 6.07) is 6.03. The lowest BCUT2D eigenvalue weighted by atomic mass is 9.68. The van der Waals surface area contributed by atoms with Crippen molar-refractivity contribution in [3.05, 3.63) is 18.2 Å². The SMILES string of the molecule is Nc1ccc2nc(N3CCC4(CCCCC4)CC3)sc2c1. The van der Waals surface area contributed by atoms with Crippen LogP contribution in [0.2, 0.25) is 0 Å². The van der Waals surface area contributed by atoms with Gasteiger partial charge in [0.1, 0.15) is 0 Å². The Kier molecular flexibility index (Phi) is 3.29. The fourth-order valence-electron chi connectivity index (χ4n) is 4.04. The van der Waals surface area contributed by atoms with Gasteiger partial charge in [-0.15, -0.1) is 0 Å². The monoisotopic (exact) mass is 301 g/mol. The third-order valence-electron chi connectivity index (χ3n) is 5.41. The van der Waals surface area contributed by atoms with E-state index in [1.807, 2.05) is 18.2 Å². The van der Waals surface area contributed by atoms with Crippen LogP contribution < -0.4 is 10.6 Å². The van der Waals surface area contributed by atoms with Crippen molar-refractivity contribution in [1.82, 2.24) is 4.98 Å². The molecule has 1 aromatic carbocycles. The van der Waals surface area contributed by atoms with Crippen LogP contribution in [-0.2, 0) is 0 Å². The van der Waals surface area contributed by atoms with Crippen LogP contribution in [0.15, 0.2) is 18.2 Å². The smallest absolute Gasteiger partial charge is 0.186 e. The fourth-order valence-corrected chi connectivity index (χ4v) is 5.10. The predicted molar refractivity (Wildman–Crippen MR) is 91.0 cm³/mol. The van der Waals surface area contributed by atoms with Gasteiger partial charge in [0.15, 0.2) is 5.13 Å². The largest absolute Gasteiger partial charge is 0.399 e. The van der Waals surface area contributed by atoms with Crippen LogP contribution in [0, 0.1) is 5.41 Å². The molecule has 1 spiro atoms. The number of rotatable bonds is 1. The zero-order valence-corrected chi connectivity index (χ0v) is 13.3. The topological polar surface area (TPSA) is 42.1 Å². The maximum absolute atomic E-state index is 5.87. The number of piperidine rings is 1. The minimum atomic E-state index is 0.663. The fraction of sp³-hybridized carbons (Fsp3) is 0.588. The number of nitrogens with two attached hydrogens (primary N) is 1. The van der Waals surface area contributed by atoms with Gasteiger partial charge in [-0.3, -0.25) is 0 Å². The molecule has 2 aliphatic rings. The molecule has 2 heterocycles. The second kappa shape index (κ2) is 5.16. The normalized spacial score (nSPS) is 22.0. The Labute approximate surface area is 130 Å². The van der Waals surface area contributed by atoms with Crippen molar-refractivity contribution >= 4 is 32.4 Å². The zero-order chi connectivity index (χ0) is 14.3. The lowest BCUT2D eigenvalue weighted by molar-refractivity contribution is 0.144. The molecule has 0 atom stereocenters. The van der Waals surface area contributed by atoms with Gasteiger partial charge >= 0.3 is 0 Å². The van der Waals surface area contributed by atoms with E-state index in [1.54, 1.807) is 11.3 Å². The number of thiazole rings is 1. The molecule has 1 aromatic heterocycles. The molecular weight excluding hydrogens is 278 g/mol. The van der Waals surface area contributed by atoms with E-state index in [-0.39, 0.29) is 0 Å². The minimum absolute atomic E-state index is 0.663. The third-order valence-corrected chi connectivity index (χ3v) is 6.49. The molecule has 0 unspecified atom stereocenters. The summed E-state index contributed by atoms with van der Waals surface area (Å²) in [6.07, 6.45) is 9.95. The van der Waals surface area contributed by atoms with E-state index in [1.165, 1.54) is 67.9 Å². The van der Waals surface area contributed by atoms with Gasteiger partial charge in [0.25, 0.3) is 0 Å². The highest BCUT2D eigenvalue weighted by atomic mass is 32.1.